The first-order chi connectivity index (χ1) is 9.45. The number of aryl methyl sites for hydroxylation is 1. The van der Waals surface area contributed by atoms with Crippen molar-refractivity contribution in [2.45, 2.75) is 46.8 Å². The van der Waals surface area contributed by atoms with Gasteiger partial charge in [-0.2, -0.15) is 0 Å². The van der Waals surface area contributed by atoms with E-state index in [-0.39, 0.29) is 5.91 Å². The number of hydrogen-bond donors (Lipinski definition) is 2. The molecule has 1 atom stereocenters. The van der Waals surface area contributed by atoms with Crippen LogP contribution in [0, 0.1) is 12.8 Å². The van der Waals surface area contributed by atoms with Crippen molar-refractivity contribution in [3.8, 4) is 5.75 Å². The lowest BCUT2D eigenvalue weighted by Crippen LogP contribution is -2.37. The number of carbonyl (C=O) groups excluding carboxylic acids is 1. The topological polar surface area (TPSA) is 64.3 Å². The van der Waals surface area contributed by atoms with Gasteiger partial charge in [0.1, 0.15) is 5.75 Å². The first-order valence-electron chi connectivity index (χ1n) is 7.18. The van der Waals surface area contributed by atoms with Crippen LogP contribution < -0.4 is 15.8 Å². The Labute approximate surface area is 121 Å². The van der Waals surface area contributed by atoms with Gasteiger partial charge in [-0.1, -0.05) is 32.0 Å². The Balaban J connectivity index is 2.61. The summed E-state index contributed by atoms with van der Waals surface area (Å²) in [5.41, 5.74) is 7.62. The van der Waals surface area contributed by atoms with Gasteiger partial charge in [-0.05, 0) is 31.7 Å². The highest BCUT2D eigenvalue weighted by Gasteiger charge is 2.17. The Bertz CT molecular complexity index is 444. The molecule has 3 N–H and O–H groups in total. The largest absolute Gasteiger partial charge is 0.480 e. The molecule has 0 aliphatic carbocycles. The summed E-state index contributed by atoms with van der Waals surface area (Å²) in [5.74, 6) is 1.21. The molecule has 1 unspecified atom stereocenters. The number of nitrogens with two attached hydrogens (primary N) is 1. The highest BCUT2D eigenvalue weighted by molar-refractivity contribution is 5.80. The van der Waals surface area contributed by atoms with Gasteiger partial charge in [0.05, 0.1) is 0 Å². The lowest BCUT2D eigenvalue weighted by atomic mass is 10.1. The zero-order valence-corrected chi connectivity index (χ0v) is 12.9. The zero-order chi connectivity index (χ0) is 15.1. The monoisotopic (exact) mass is 278 g/mol. The van der Waals surface area contributed by atoms with Crippen molar-refractivity contribution in [3.05, 3.63) is 29.3 Å². The maximum absolute atomic E-state index is 12.0. The Kier molecular flexibility index (Phi) is 6.52. The Morgan fingerprint density at radius 2 is 2.05 bits per heavy atom. The summed E-state index contributed by atoms with van der Waals surface area (Å²) in [6, 6.07) is 5.82. The van der Waals surface area contributed by atoms with Crippen molar-refractivity contribution in [2.24, 2.45) is 11.7 Å². The molecule has 0 bridgehead atoms. The molecule has 112 valence electrons. The second kappa shape index (κ2) is 7.90. The van der Waals surface area contributed by atoms with Gasteiger partial charge >= 0.3 is 0 Å². The number of nitrogens with one attached hydrogen (secondary N) is 1. The summed E-state index contributed by atoms with van der Waals surface area (Å²) in [5, 5.41) is 2.90. The molecule has 0 aliphatic heterocycles. The Hall–Kier alpha value is -1.55. The van der Waals surface area contributed by atoms with Crippen molar-refractivity contribution in [1.29, 1.82) is 0 Å². The minimum absolute atomic E-state index is 0.0862. The van der Waals surface area contributed by atoms with Gasteiger partial charge in [0, 0.05) is 18.7 Å². The standard InChI is InChI=1S/C16H26N2O2/c1-11(2)8-9-18-16(19)13(4)20-15-12(3)6-5-7-14(15)10-17/h5-7,11,13H,8-10,17H2,1-4H3,(H,18,19). The van der Waals surface area contributed by atoms with Crippen LogP contribution >= 0.6 is 0 Å². The highest BCUT2D eigenvalue weighted by Crippen LogP contribution is 2.24. The van der Waals surface area contributed by atoms with Gasteiger partial charge in [-0.15, -0.1) is 0 Å². The number of para-hydroxylation sites is 1. The van der Waals surface area contributed by atoms with Gasteiger partial charge in [-0.25, -0.2) is 0 Å². The van der Waals surface area contributed by atoms with Crippen molar-refractivity contribution in [2.75, 3.05) is 6.54 Å². The summed E-state index contributed by atoms with van der Waals surface area (Å²) in [4.78, 5) is 12.0. The Morgan fingerprint density at radius 1 is 1.35 bits per heavy atom. The van der Waals surface area contributed by atoms with Crippen molar-refractivity contribution >= 4 is 5.91 Å². The molecule has 0 aromatic heterocycles. The lowest BCUT2D eigenvalue weighted by molar-refractivity contribution is -0.127. The van der Waals surface area contributed by atoms with E-state index in [1.165, 1.54) is 0 Å². The molecule has 0 fully saturated rings. The van der Waals surface area contributed by atoms with Crippen LogP contribution in [0.4, 0.5) is 0 Å². The van der Waals surface area contributed by atoms with Crippen LogP contribution in [-0.4, -0.2) is 18.6 Å². The fourth-order valence-corrected chi connectivity index (χ4v) is 1.90. The number of ether oxygens (including phenoxy) is 1. The average Bonchev–Trinajstić information content (AvgIpc) is 2.40. The molecule has 0 aliphatic rings. The van der Waals surface area contributed by atoms with Crippen LogP contribution in [0.1, 0.15) is 38.3 Å². The predicted molar refractivity (Wildman–Crippen MR) is 81.6 cm³/mol. The molecule has 0 heterocycles. The molecular formula is C16H26N2O2. The molecule has 0 radical (unpaired) electrons. The van der Waals surface area contributed by atoms with Crippen LogP contribution in [-0.2, 0) is 11.3 Å². The molecule has 20 heavy (non-hydrogen) atoms. The fourth-order valence-electron chi connectivity index (χ4n) is 1.90. The number of benzene rings is 1. The number of rotatable bonds is 7. The van der Waals surface area contributed by atoms with Gasteiger partial charge in [-0.3, -0.25) is 4.79 Å². The van der Waals surface area contributed by atoms with E-state index in [2.05, 4.69) is 19.2 Å². The molecule has 4 heteroatoms. The average molecular weight is 278 g/mol. The molecule has 1 aromatic carbocycles. The van der Waals surface area contributed by atoms with Crippen molar-refractivity contribution in [1.82, 2.24) is 5.32 Å². The molecule has 1 aromatic rings. The van der Waals surface area contributed by atoms with Gasteiger partial charge in [0.15, 0.2) is 6.10 Å². The molecule has 0 spiro atoms. The van der Waals surface area contributed by atoms with Gasteiger partial charge in [0.2, 0.25) is 0 Å². The highest BCUT2D eigenvalue weighted by atomic mass is 16.5. The van der Waals surface area contributed by atoms with E-state index in [0.29, 0.717) is 19.0 Å². The van der Waals surface area contributed by atoms with E-state index in [1.54, 1.807) is 6.92 Å². The molecule has 1 amide bonds. The third kappa shape index (κ3) is 4.85. The Morgan fingerprint density at radius 3 is 2.65 bits per heavy atom. The van der Waals surface area contributed by atoms with E-state index in [1.807, 2.05) is 25.1 Å². The molecule has 4 nitrogen and oxygen atoms in total. The lowest BCUT2D eigenvalue weighted by Gasteiger charge is -2.19. The summed E-state index contributed by atoms with van der Waals surface area (Å²) in [7, 11) is 0. The SMILES string of the molecule is Cc1cccc(CN)c1OC(C)C(=O)NCCC(C)C. The summed E-state index contributed by atoms with van der Waals surface area (Å²) < 4.78 is 5.79. The third-order valence-electron chi connectivity index (χ3n) is 3.20. The second-order valence-electron chi connectivity index (χ2n) is 5.50. The third-order valence-corrected chi connectivity index (χ3v) is 3.20. The van der Waals surface area contributed by atoms with Gasteiger partial charge < -0.3 is 15.8 Å². The second-order valence-corrected chi connectivity index (χ2v) is 5.50. The molecule has 0 saturated heterocycles. The molecular weight excluding hydrogens is 252 g/mol. The van der Waals surface area contributed by atoms with Crippen LogP contribution in [0.2, 0.25) is 0 Å². The van der Waals surface area contributed by atoms with Crippen LogP contribution in [0.15, 0.2) is 18.2 Å². The van der Waals surface area contributed by atoms with Crippen LogP contribution in [0.25, 0.3) is 0 Å². The van der Waals surface area contributed by atoms with Gasteiger partial charge in [0.25, 0.3) is 5.91 Å². The number of hydrogen-bond acceptors (Lipinski definition) is 3. The van der Waals surface area contributed by atoms with E-state index < -0.39 is 6.10 Å². The quantitative estimate of drug-likeness (QED) is 0.805. The first-order valence-corrected chi connectivity index (χ1v) is 7.18. The normalized spacial score (nSPS) is 12.3. The minimum atomic E-state index is -0.520. The van der Waals surface area contributed by atoms with E-state index in [0.717, 1.165) is 23.3 Å². The maximum Gasteiger partial charge on any atom is 0.260 e. The summed E-state index contributed by atoms with van der Waals surface area (Å²) >= 11 is 0. The van der Waals surface area contributed by atoms with Crippen LogP contribution in [0.3, 0.4) is 0 Å². The first kappa shape index (κ1) is 16.5. The fraction of sp³-hybridized carbons (Fsp3) is 0.562. The smallest absolute Gasteiger partial charge is 0.260 e. The summed E-state index contributed by atoms with van der Waals surface area (Å²) in [6.07, 6.45) is 0.449. The van der Waals surface area contributed by atoms with E-state index in [9.17, 15) is 4.79 Å². The van der Waals surface area contributed by atoms with Crippen LogP contribution in [0.5, 0.6) is 5.75 Å². The predicted octanol–water partition coefficient (Wildman–Crippen LogP) is 2.38. The van der Waals surface area contributed by atoms with Crippen molar-refractivity contribution in [3.63, 3.8) is 0 Å². The molecule has 0 saturated carbocycles. The maximum atomic E-state index is 12.0. The molecule has 1 rings (SSSR count). The number of carbonyl (C=O) groups is 1. The van der Waals surface area contributed by atoms with Crippen molar-refractivity contribution < 1.29 is 9.53 Å². The van der Waals surface area contributed by atoms with E-state index in [4.69, 9.17) is 10.5 Å². The number of amides is 1. The summed E-state index contributed by atoms with van der Waals surface area (Å²) in [6.45, 7) is 9.07. The minimum Gasteiger partial charge on any atom is -0.480 e. The zero-order valence-electron chi connectivity index (χ0n) is 12.9. The van der Waals surface area contributed by atoms with E-state index >= 15 is 0 Å².